The van der Waals surface area contributed by atoms with E-state index in [-0.39, 0.29) is 17.5 Å². The van der Waals surface area contributed by atoms with Gasteiger partial charge in [0.05, 0.1) is 23.6 Å². The molecular weight excluding hydrogens is 406 g/mol. The fourth-order valence-corrected chi connectivity index (χ4v) is 4.69. The van der Waals surface area contributed by atoms with E-state index in [1.54, 1.807) is 25.8 Å². The maximum Gasteiger partial charge on any atom is 0.407 e. The van der Waals surface area contributed by atoms with Crippen LogP contribution in [0.2, 0.25) is 0 Å². The number of aryl methyl sites for hydroxylation is 3. The summed E-state index contributed by atoms with van der Waals surface area (Å²) < 4.78 is 6.24. The van der Waals surface area contributed by atoms with Crippen molar-refractivity contribution >= 4 is 23.3 Å². The Morgan fingerprint density at radius 1 is 1.27 bits per heavy atom. The highest BCUT2D eigenvalue weighted by Gasteiger charge is 2.29. The van der Waals surface area contributed by atoms with Crippen molar-refractivity contribution in [2.75, 3.05) is 19.7 Å². The number of thiazole rings is 1. The second-order valence-corrected chi connectivity index (χ2v) is 8.40. The van der Waals surface area contributed by atoms with Gasteiger partial charge < -0.3 is 15.0 Å². The third-order valence-electron chi connectivity index (χ3n) is 5.24. The molecule has 0 saturated carbocycles. The van der Waals surface area contributed by atoms with Crippen LogP contribution in [0, 0.1) is 20.8 Å². The van der Waals surface area contributed by atoms with Gasteiger partial charge in [-0.3, -0.25) is 9.59 Å². The first-order valence-electron chi connectivity index (χ1n) is 9.97. The second kappa shape index (κ2) is 8.95. The number of amides is 2. The molecule has 30 heavy (non-hydrogen) atoms. The van der Waals surface area contributed by atoms with Crippen molar-refractivity contribution in [3.05, 3.63) is 32.2 Å². The number of hydrogen-bond donors (Lipinski definition) is 1. The number of nitrogens with one attached hydrogen (secondary N) is 1. The summed E-state index contributed by atoms with van der Waals surface area (Å²) in [5, 5.41) is 7.54. The fourth-order valence-electron chi connectivity index (χ4n) is 3.56. The minimum Gasteiger partial charge on any atom is -0.450 e. The molecule has 2 aromatic rings. The zero-order chi connectivity index (χ0) is 22.0. The number of carbonyl (C=O) groups excluding carboxylic acids is 2. The Morgan fingerprint density at radius 3 is 2.70 bits per heavy atom. The van der Waals surface area contributed by atoms with Crippen LogP contribution in [-0.2, 0) is 11.8 Å². The van der Waals surface area contributed by atoms with E-state index in [4.69, 9.17) is 4.74 Å². The van der Waals surface area contributed by atoms with Crippen LogP contribution < -0.4 is 10.9 Å². The van der Waals surface area contributed by atoms with E-state index in [0.29, 0.717) is 40.8 Å². The number of alkyl carbamates (subject to hydrolysis) is 1. The van der Waals surface area contributed by atoms with Crippen LogP contribution in [0.25, 0.3) is 10.6 Å². The van der Waals surface area contributed by atoms with Gasteiger partial charge >= 0.3 is 6.09 Å². The van der Waals surface area contributed by atoms with Crippen LogP contribution in [0.3, 0.4) is 0 Å². The van der Waals surface area contributed by atoms with Gasteiger partial charge in [-0.05, 0) is 46.1 Å². The largest absolute Gasteiger partial charge is 0.450 e. The lowest BCUT2D eigenvalue weighted by Gasteiger charge is -2.32. The molecule has 2 amide bonds. The SMILES string of the molecule is CCOC(=O)NC1CCCN(C(=O)c2sc(-c3c(C)c(C)nn(C)c3=O)nc2C)C1. The van der Waals surface area contributed by atoms with E-state index in [0.717, 1.165) is 24.1 Å². The third kappa shape index (κ3) is 4.38. The highest BCUT2D eigenvalue weighted by Crippen LogP contribution is 2.30. The first-order valence-corrected chi connectivity index (χ1v) is 10.8. The van der Waals surface area contributed by atoms with E-state index >= 15 is 0 Å². The van der Waals surface area contributed by atoms with Crippen molar-refractivity contribution in [1.82, 2.24) is 25.0 Å². The lowest BCUT2D eigenvalue weighted by atomic mass is 10.1. The third-order valence-corrected chi connectivity index (χ3v) is 6.40. The van der Waals surface area contributed by atoms with Crippen molar-refractivity contribution in [3.8, 4) is 10.6 Å². The van der Waals surface area contributed by atoms with Gasteiger partial charge in [0.2, 0.25) is 0 Å². The molecule has 1 saturated heterocycles. The molecule has 1 atom stereocenters. The van der Waals surface area contributed by atoms with Crippen molar-refractivity contribution in [2.45, 2.75) is 46.6 Å². The molecule has 1 N–H and O–H groups in total. The molecule has 0 spiro atoms. The summed E-state index contributed by atoms with van der Waals surface area (Å²) in [6.45, 7) is 8.54. The molecule has 3 heterocycles. The Bertz CT molecular complexity index is 1030. The Morgan fingerprint density at radius 2 is 2.00 bits per heavy atom. The summed E-state index contributed by atoms with van der Waals surface area (Å²) in [5.74, 6) is -0.133. The van der Waals surface area contributed by atoms with E-state index in [2.05, 4.69) is 15.4 Å². The lowest BCUT2D eigenvalue weighted by Crippen LogP contribution is -2.49. The number of nitrogens with zero attached hydrogens (tertiary/aromatic N) is 4. The minimum atomic E-state index is -0.465. The molecule has 9 nitrogen and oxygen atoms in total. The molecule has 0 bridgehead atoms. The molecule has 1 aliphatic heterocycles. The van der Waals surface area contributed by atoms with E-state index in [1.165, 1.54) is 16.0 Å². The Kier molecular flexibility index (Phi) is 6.55. The number of rotatable bonds is 4. The van der Waals surface area contributed by atoms with Gasteiger partial charge in [-0.25, -0.2) is 14.5 Å². The van der Waals surface area contributed by atoms with Crippen molar-refractivity contribution in [3.63, 3.8) is 0 Å². The van der Waals surface area contributed by atoms with Crippen molar-refractivity contribution in [1.29, 1.82) is 0 Å². The summed E-state index contributed by atoms with van der Waals surface area (Å²) in [5.41, 5.74) is 2.36. The van der Waals surface area contributed by atoms with Gasteiger partial charge in [0.25, 0.3) is 11.5 Å². The molecule has 10 heteroatoms. The maximum absolute atomic E-state index is 13.2. The number of hydrogen-bond acceptors (Lipinski definition) is 7. The summed E-state index contributed by atoms with van der Waals surface area (Å²) in [6, 6.07) is -0.146. The van der Waals surface area contributed by atoms with Crippen LogP contribution in [0.15, 0.2) is 4.79 Å². The number of piperidine rings is 1. The molecule has 1 fully saturated rings. The van der Waals surface area contributed by atoms with Crippen LogP contribution >= 0.6 is 11.3 Å². The van der Waals surface area contributed by atoms with Gasteiger partial charge in [-0.15, -0.1) is 11.3 Å². The normalized spacial score (nSPS) is 16.4. The summed E-state index contributed by atoms with van der Waals surface area (Å²) in [6.07, 6.45) is 1.12. The highest BCUT2D eigenvalue weighted by molar-refractivity contribution is 7.17. The van der Waals surface area contributed by atoms with Gasteiger partial charge in [0, 0.05) is 26.2 Å². The molecule has 1 aliphatic rings. The summed E-state index contributed by atoms with van der Waals surface area (Å²) >= 11 is 1.23. The molecule has 0 aromatic carbocycles. The standard InChI is InChI=1S/C20H27N5O4S/c1-6-29-20(28)22-14-8-7-9-25(10-14)19(27)16-13(4)21-17(30-16)15-11(2)12(3)23-24(5)18(15)26/h14H,6-10H2,1-5H3,(H,22,28). The Hall–Kier alpha value is -2.75. The molecule has 3 rings (SSSR count). The quantitative estimate of drug-likeness (QED) is 0.792. The number of likely N-dealkylation sites (tertiary alicyclic amines) is 1. The zero-order valence-corrected chi connectivity index (χ0v) is 18.8. The average molecular weight is 434 g/mol. The molecular formula is C20H27N5O4S. The van der Waals surface area contributed by atoms with Crippen molar-refractivity contribution in [2.24, 2.45) is 7.05 Å². The highest BCUT2D eigenvalue weighted by atomic mass is 32.1. The number of carbonyl (C=O) groups is 2. The van der Waals surface area contributed by atoms with Gasteiger partial charge in [0.15, 0.2) is 0 Å². The van der Waals surface area contributed by atoms with E-state index in [9.17, 15) is 14.4 Å². The van der Waals surface area contributed by atoms with Crippen molar-refractivity contribution < 1.29 is 14.3 Å². The topological polar surface area (TPSA) is 106 Å². The van der Waals surface area contributed by atoms with Crippen LogP contribution in [0.4, 0.5) is 4.79 Å². The summed E-state index contributed by atoms with van der Waals surface area (Å²) in [7, 11) is 1.61. The molecule has 1 unspecified atom stereocenters. The predicted octanol–water partition coefficient (Wildman–Crippen LogP) is 2.18. The predicted molar refractivity (Wildman–Crippen MR) is 114 cm³/mol. The molecule has 2 aromatic heterocycles. The zero-order valence-electron chi connectivity index (χ0n) is 17.9. The first kappa shape index (κ1) is 21.9. The Labute approximate surface area is 179 Å². The number of ether oxygens (including phenoxy) is 1. The molecule has 0 aliphatic carbocycles. The molecule has 162 valence electrons. The Balaban J connectivity index is 1.85. The van der Waals surface area contributed by atoms with Gasteiger partial charge in [0.1, 0.15) is 9.88 Å². The fraction of sp³-hybridized carbons (Fsp3) is 0.550. The van der Waals surface area contributed by atoms with Crippen LogP contribution in [0.1, 0.15) is 46.4 Å². The van der Waals surface area contributed by atoms with Gasteiger partial charge in [-0.2, -0.15) is 5.10 Å². The number of aromatic nitrogens is 3. The average Bonchev–Trinajstić information content (AvgIpc) is 3.07. The van der Waals surface area contributed by atoms with Gasteiger partial charge in [-0.1, -0.05) is 0 Å². The van der Waals surface area contributed by atoms with E-state index < -0.39 is 6.09 Å². The minimum absolute atomic E-state index is 0.133. The lowest BCUT2D eigenvalue weighted by molar-refractivity contribution is 0.0690. The summed E-state index contributed by atoms with van der Waals surface area (Å²) in [4.78, 5) is 44.3. The van der Waals surface area contributed by atoms with Crippen LogP contribution in [-0.4, -0.2) is 57.4 Å². The van der Waals surface area contributed by atoms with Crippen LogP contribution in [0.5, 0.6) is 0 Å². The second-order valence-electron chi connectivity index (χ2n) is 7.40. The monoisotopic (exact) mass is 433 g/mol. The first-order chi connectivity index (χ1) is 14.2. The molecule has 0 radical (unpaired) electrons. The van der Waals surface area contributed by atoms with E-state index in [1.807, 2.05) is 13.8 Å². The smallest absolute Gasteiger partial charge is 0.407 e. The maximum atomic E-state index is 13.2.